The van der Waals surface area contributed by atoms with Gasteiger partial charge in [-0.25, -0.2) is 9.67 Å². The third kappa shape index (κ3) is 4.89. The molecule has 0 saturated carbocycles. The fourth-order valence-corrected chi connectivity index (χ4v) is 4.52. The van der Waals surface area contributed by atoms with Crippen molar-refractivity contribution < 1.29 is 9.53 Å². The number of ether oxygens (including phenoxy) is 1. The SMILES string of the molecule is Cc1nc(Oc2ccc(NC(=O)c3ccc(-c4cccs4)cc3)cc2)cc(-n2nc(C)c(C)c2C)n1. The van der Waals surface area contributed by atoms with Crippen LogP contribution in [0.15, 0.2) is 72.1 Å². The van der Waals surface area contributed by atoms with Crippen LogP contribution in [0.3, 0.4) is 0 Å². The molecule has 2 aromatic carbocycles. The predicted molar refractivity (Wildman–Crippen MR) is 142 cm³/mol. The summed E-state index contributed by atoms with van der Waals surface area (Å²) in [5.41, 5.74) is 5.48. The minimum Gasteiger partial charge on any atom is -0.439 e. The second kappa shape index (κ2) is 9.75. The van der Waals surface area contributed by atoms with Crippen molar-refractivity contribution in [2.24, 2.45) is 0 Å². The molecule has 0 bridgehead atoms. The Balaban J connectivity index is 1.27. The Kier molecular flexibility index (Phi) is 6.35. The molecule has 0 aliphatic carbocycles. The third-order valence-corrected chi connectivity index (χ3v) is 6.88. The number of nitrogens with one attached hydrogen (secondary N) is 1. The zero-order chi connectivity index (χ0) is 25.2. The molecule has 0 spiro atoms. The Morgan fingerprint density at radius 2 is 1.69 bits per heavy atom. The highest BCUT2D eigenvalue weighted by atomic mass is 32.1. The highest BCUT2D eigenvalue weighted by molar-refractivity contribution is 7.13. The van der Waals surface area contributed by atoms with Gasteiger partial charge in [0.2, 0.25) is 5.88 Å². The summed E-state index contributed by atoms with van der Waals surface area (Å²) in [5.74, 6) is 2.09. The van der Waals surface area contributed by atoms with Gasteiger partial charge in [0.05, 0.1) is 5.69 Å². The van der Waals surface area contributed by atoms with Crippen LogP contribution in [0, 0.1) is 27.7 Å². The van der Waals surface area contributed by atoms with E-state index in [9.17, 15) is 4.79 Å². The van der Waals surface area contributed by atoms with Crippen molar-refractivity contribution in [1.29, 1.82) is 0 Å². The first-order valence-electron chi connectivity index (χ1n) is 11.5. The van der Waals surface area contributed by atoms with Gasteiger partial charge in [-0.1, -0.05) is 18.2 Å². The number of hydrogen-bond donors (Lipinski definition) is 1. The van der Waals surface area contributed by atoms with Gasteiger partial charge < -0.3 is 10.1 Å². The van der Waals surface area contributed by atoms with Crippen LogP contribution in [0.2, 0.25) is 0 Å². The molecule has 0 radical (unpaired) electrons. The summed E-state index contributed by atoms with van der Waals surface area (Å²) < 4.78 is 7.79. The molecule has 7 nitrogen and oxygen atoms in total. The van der Waals surface area contributed by atoms with E-state index in [1.54, 1.807) is 46.4 Å². The normalized spacial score (nSPS) is 10.9. The predicted octanol–water partition coefficient (Wildman–Crippen LogP) is 6.67. The lowest BCUT2D eigenvalue weighted by atomic mass is 10.1. The van der Waals surface area contributed by atoms with Gasteiger partial charge in [-0.05, 0) is 86.7 Å². The molecule has 8 heteroatoms. The Morgan fingerprint density at radius 1 is 0.944 bits per heavy atom. The molecule has 3 heterocycles. The van der Waals surface area contributed by atoms with Gasteiger partial charge in [0, 0.05) is 27.9 Å². The van der Waals surface area contributed by atoms with Gasteiger partial charge in [-0.3, -0.25) is 4.79 Å². The molecular formula is C28H25N5O2S. The summed E-state index contributed by atoms with van der Waals surface area (Å²) in [6.45, 7) is 7.85. The standard InChI is InChI=1S/C28H25N5O2S/c1-17-18(2)32-33(19(17)3)26-16-27(30-20(4)29-26)35-24-13-11-23(12-14-24)31-28(34)22-9-7-21(8-10-22)25-6-5-15-36-25/h5-16H,1-4H3,(H,31,34). The van der Waals surface area contributed by atoms with E-state index in [0.717, 1.165) is 22.5 Å². The van der Waals surface area contributed by atoms with E-state index in [0.29, 0.717) is 34.5 Å². The summed E-state index contributed by atoms with van der Waals surface area (Å²) in [7, 11) is 0. The molecule has 1 amide bonds. The van der Waals surface area contributed by atoms with Crippen molar-refractivity contribution in [3.05, 3.63) is 100 Å². The third-order valence-electron chi connectivity index (χ3n) is 5.96. The van der Waals surface area contributed by atoms with E-state index >= 15 is 0 Å². The topological polar surface area (TPSA) is 81.9 Å². The Hall–Kier alpha value is -4.30. The molecule has 36 heavy (non-hydrogen) atoms. The van der Waals surface area contributed by atoms with Gasteiger partial charge in [-0.15, -0.1) is 11.3 Å². The minimum absolute atomic E-state index is 0.169. The number of carbonyl (C=O) groups is 1. The number of nitrogens with zero attached hydrogens (tertiary/aromatic N) is 4. The maximum atomic E-state index is 12.7. The van der Waals surface area contributed by atoms with Crippen molar-refractivity contribution >= 4 is 22.9 Å². The second-order valence-electron chi connectivity index (χ2n) is 8.45. The maximum absolute atomic E-state index is 12.7. The summed E-state index contributed by atoms with van der Waals surface area (Å²) >= 11 is 1.67. The van der Waals surface area contributed by atoms with E-state index in [-0.39, 0.29) is 5.91 Å². The molecule has 5 rings (SSSR count). The number of rotatable bonds is 6. The Bertz CT molecular complexity index is 1520. The first kappa shape index (κ1) is 23.4. The number of aromatic nitrogens is 4. The zero-order valence-corrected chi connectivity index (χ0v) is 21.3. The van der Waals surface area contributed by atoms with Crippen LogP contribution in [-0.2, 0) is 0 Å². The molecule has 0 atom stereocenters. The maximum Gasteiger partial charge on any atom is 0.255 e. The fourth-order valence-electron chi connectivity index (χ4n) is 3.79. The monoisotopic (exact) mass is 495 g/mol. The first-order chi connectivity index (χ1) is 17.4. The average molecular weight is 496 g/mol. The largest absolute Gasteiger partial charge is 0.439 e. The zero-order valence-electron chi connectivity index (χ0n) is 20.4. The molecule has 5 aromatic rings. The van der Waals surface area contributed by atoms with E-state index in [4.69, 9.17) is 4.74 Å². The molecule has 1 N–H and O–H groups in total. The van der Waals surface area contributed by atoms with Crippen molar-refractivity contribution in [2.45, 2.75) is 27.7 Å². The van der Waals surface area contributed by atoms with E-state index in [2.05, 4.69) is 26.4 Å². The Labute approximate surface area is 213 Å². The lowest BCUT2D eigenvalue weighted by molar-refractivity contribution is 0.102. The lowest BCUT2D eigenvalue weighted by Gasteiger charge is -2.10. The van der Waals surface area contributed by atoms with Crippen molar-refractivity contribution in [3.63, 3.8) is 0 Å². The van der Waals surface area contributed by atoms with E-state index in [1.165, 1.54) is 4.88 Å². The van der Waals surface area contributed by atoms with Gasteiger partial charge in [0.1, 0.15) is 11.6 Å². The molecule has 0 saturated heterocycles. The molecule has 180 valence electrons. The van der Waals surface area contributed by atoms with Crippen molar-refractivity contribution in [3.8, 4) is 27.9 Å². The number of benzene rings is 2. The van der Waals surface area contributed by atoms with Crippen LogP contribution >= 0.6 is 11.3 Å². The van der Waals surface area contributed by atoms with Crippen LogP contribution in [0.4, 0.5) is 5.69 Å². The lowest BCUT2D eigenvalue weighted by Crippen LogP contribution is -2.11. The molecule has 3 aromatic heterocycles. The molecule has 0 unspecified atom stereocenters. The molecule has 0 aliphatic heterocycles. The average Bonchev–Trinajstić information content (AvgIpc) is 3.50. The van der Waals surface area contributed by atoms with Crippen LogP contribution < -0.4 is 10.1 Å². The van der Waals surface area contributed by atoms with Gasteiger partial charge in [0.15, 0.2) is 5.82 Å². The van der Waals surface area contributed by atoms with Crippen molar-refractivity contribution in [1.82, 2.24) is 19.7 Å². The van der Waals surface area contributed by atoms with Crippen LogP contribution in [0.25, 0.3) is 16.3 Å². The number of anilines is 1. The van der Waals surface area contributed by atoms with Gasteiger partial charge >= 0.3 is 0 Å². The fraction of sp³-hybridized carbons (Fsp3) is 0.143. The summed E-state index contributed by atoms with van der Waals surface area (Å²) in [6, 6.07) is 20.6. The smallest absolute Gasteiger partial charge is 0.255 e. The van der Waals surface area contributed by atoms with Crippen LogP contribution in [0.1, 0.15) is 33.1 Å². The van der Waals surface area contributed by atoms with Crippen molar-refractivity contribution in [2.75, 3.05) is 5.32 Å². The molecule has 0 aliphatic rings. The van der Waals surface area contributed by atoms with Gasteiger partial charge in [-0.2, -0.15) is 10.1 Å². The van der Waals surface area contributed by atoms with E-state index in [1.807, 2.05) is 63.4 Å². The number of hydrogen-bond acceptors (Lipinski definition) is 6. The van der Waals surface area contributed by atoms with Crippen LogP contribution in [-0.4, -0.2) is 25.7 Å². The summed E-state index contributed by atoms with van der Waals surface area (Å²) in [5, 5.41) is 9.55. The number of thiophene rings is 1. The summed E-state index contributed by atoms with van der Waals surface area (Å²) in [4.78, 5) is 22.8. The highest BCUT2D eigenvalue weighted by Crippen LogP contribution is 2.26. The highest BCUT2D eigenvalue weighted by Gasteiger charge is 2.13. The second-order valence-corrected chi connectivity index (χ2v) is 9.40. The summed E-state index contributed by atoms with van der Waals surface area (Å²) in [6.07, 6.45) is 0. The van der Waals surface area contributed by atoms with Crippen LogP contribution in [0.5, 0.6) is 11.6 Å². The van der Waals surface area contributed by atoms with E-state index < -0.39 is 0 Å². The number of amides is 1. The number of carbonyl (C=O) groups excluding carboxylic acids is 1. The molecule has 0 fully saturated rings. The quantitative estimate of drug-likeness (QED) is 0.284. The molecular weight excluding hydrogens is 470 g/mol. The van der Waals surface area contributed by atoms with Gasteiger partial charge in [0.25, 0.3) is 5.91 Å². The number of aryl methyl sites for hydroxylation is 2. The minimum atomic E-state index is -0.169. The first-order valence-corrected chi connectivity index (χ1v) is 12.4. The Morgan fingerprint density at radius 3 is 2.33 bits per heavy atom.